The highest BCUT2D eigenvalue weighted by molar-refractivity contribution is 7.18. The summed E-state index contributed by atoms with van der Waals surface area (Å²) < 4.78 is 1.25. The van der Waals surface area contributed by atoms with E-state index in [2.05, 4.69) is 16.4 Å². The highest BCUT2D eigenvalue weighted by Gasteiger charge is 2.16. The monoisotopic (exact) mass is 247 g/mol. The molecule has 0 spiro atoms. The van der Waals surface area contributed by atoms with Gasteiger partial charge in [0.2, 0.25) is 0 Å². The van der Waals surface area contributed by atoms with E-state index in [9.17, 15) is 0 Å². The third-order valence-electron chi connectivity index (χ3n) is 3.31. The van der Waals surface area contributed by atoms with E-state index < -0.39 is 0 Å². The van der Waals surface area contributed by atoms with Crippen LogP contribution in [0.4, 0.5) is 0 Å². The third kappa shape index (κ3) is 2.48. The van der Waals surface area contributed by atoms with Crippen LogP contribution in [0.1, 0.15) is 43.2 Å². The summed E-state index contributed by atoms with van der Waals surface area (Å²) in [6.45, 7) is 1.12. The topological polar surface area (TPSA) is 37.8 Å². The number of pyridine rings is 1. The second-order valence-corrected chi connectivity index (χ2v) is 5.67. The van der Waals surface area contributed by atoms with Gasteiger partial charge in [0.1, 0.15) is 5.01 Å². The molecular weight excluding hydrogens is 230 g/mol. The molecule has 2 aromatic heterocycles. The molecule has 0 aliphatic carbocycles. The van der Waals surface area contributed by atoms with Gasteiger partial charge in [-0.3, -0.25) is 4.98 Å². The summed E-state index contributed by atoms with van der Waals surface area (Å²) in [6.07, 6.45) is 10.3. The lowest BCUT2D eigenvalue weighted by atomic mass is 10.0. The lowest BCUT2D eigenvalue weighted by molar-refractivity contribution is 0.426. The molecule has 0 amide bonds. The fourth-order valence-electron chi connectivity index (χ4n) is 2.36. The summed E-state index contributed by atoms with van der Waals surface area (Å²) in [5.41, 5.74) is 1.04. The molecule has 1 N–H and O–H groups in total. The largest absolute Gasteiger partial charge is 0.308 e. The van der Waals surface area contributed by atoms with Crippen molar-refractivity contribution in [1.29, 1.82) is 0 Å². The average Bonchev–Trinajstić information content (AvgIpc) is 2.71. The van der Waals surface area contributed by atoms with Crippen LogP contribution in [0, 0.1) is 0 Å². The Morgan fingerprint density at radius 2 is 2.18 bits per heavy atom. The van der Waals surface area contributed by atoms with E-state index in [1.54, 1.807) is 11.3 Å². The van der Waals surface area contributed by atoms with E-state index >= 15 is 0 Å². The van der Waals surface area contributed by atoms with Crippen molar-refractivity contribution in [2.24, 2.45) is 0 Å². The molecule has 4 heteroatoms. The molecule has 3 nitrogen and oxygen atoms in total. The molecule has 1 fully saturated rings. The molecule has 0 radical (unpaired) electrons. The molecule has 0 bridgehead atoms. The van der Waals surface area contributed by atoms with E-state index in [1.165, 1.54) is 41.8 Å². The molecule has 3 rings (SSSR count). The Morgan fingerprint density at radius 1 is 1.24 bits per heavy atom. The zero-order valence-electron chi connectivity index (χ0n) is 9.85. The Balaban J connectivity index is 1.85. The first-order valence-corrected chi connectivity index (χ1v) is 7.19. The van der Waals surface area contributed by atoms with Crippen molar-refractivity contribution in [1.82, 2.24) is 15.3 Å². The van der Waals surface area contributed by atoms with E-state index in [1.807, 2.05) is 12.4 Å². The van der Waals surface area contributed by atoms with E-state index in [-0.39, 0.29) is 0 Å². The van der Waals surface area contributed by atoms with Crippen molar-refractivity contribution in [3.8, 4) is 0 Å². The average molecular weight is 247 g/mol. The maximum Gasteiger partial charge on any atom is 0.111 e. The number of aromatic nitrogens is 2. The Labute approximate surface area is 105 Å². The summed E-state index contributed by atoms with van der Waals surface area (Å²) in [6, 6.07) is 2.51. The minimum Gasteiger partial charge on any atom is -0.308 e. The minimum atomic E-state index is 0.452. The summed E-state index contributed by atoms with van der Waals surface area (Å²) >= 11 is 1.81. The SMILES string of the molecule is c1cc2sc(C3CCCCCCN3)nc2cn1. The lowest BCUT2D eigenvalue weighted by Gasteiger charge is -2.19. The zero-order chi connectivity index (χ0) is 11.5. The molecule has 2 aromatic rings. The van der Waals surface area contributed by atoms with Gasteiger partial charge >= 0.3 is 0 Å². The predicted octanol–water partition coefficient (Wildman–Crippen LogP) is 3.29. The van der Waals surface area contributed by atoms with Crippen molar-refractivity contribution in [3.63, 3.8) is 0 Å². The number of hydrogen-bond donors (Lipinski definition) is 1. The fourth-order valence-corrected chi connectivity index (χ4v) is 3.41. The van der Waals surface area contributed by atoms with Crippen molar-refractivity contribution in [2.45, 2.75) is 38.1 Å². The van der Waals surface area contributed by atoms with Gasteiger partial charge in [-0.2, -0.15) is 0 Å². The first kappa shape index (κ1) is 11.1. The van der Waals surface area contributed by atoms with E-state index in [0.29, 0.717) is 6.04 Å². The van der Waals surface area contributed by atoms with Gasteiger partial charge in [-0.1, -0.05) is 19.3 Å². The molecule has 3 heterocycles. The Morgan fingerprint density at radius 3 is 3.12 bits per heavy atom. The van der Waals surface area contributed by atoms with Crippen LogP contribution in [0.15, 0.2) is 18.5 Å². The second-order valence-electron chi connectivity index (χ2n) is 4.61. The van der Waals surface area contributed by atoms with Gasteiger partial charge in [-0.25, -0.2) is 4.98 Å². The number of nitrogens with zero attached hydrogens (tertiary/aromatic N) is 2. The fraction of sp³-hybridized carbons (Fsp3) is 0.538. The molecule has 1 unspecified atom stereocenters. The maximum atomic E-state index is 4.70. The standard InChI is InChI=1S/C13H17N3S/c1-2-4-7-15-10(5-3-1)13-16-11-9-14-8-6-12(11)17-13/h6,8-10,15H,1-5,7H2. The Bertz CT molecular complexity index is 453. The predicted molar refractivity (Wildman–Crippen MR) is 71.2 cm³/mol. The number of rotatable bonds is 1. The van der Waals surface area contributed by atoms with Gasteiger partial charge in [0.25, 0.3) is 0 Å². The third-order valence-corrected chi connectivity index (χ3v) is 4.46. The summed E-state index contributed by atoms with van der Waals surface area (Å²) in [5, 5.41) is 4.86. The smallest absolute Gasteiger partial charge is 0.111 e. The first-order valence-electron chi connectivity index (χ1n) is 6.37. The molecule has 0 aromatic carbocycles. The Kier molecular flexibility index (Phi) is 3.34. The summed E-state index contributed by atoms with van der Waals surface area (Å²) in [5.74, 6) is 0. The van der Waals surface area contributed by atoms with Gasteiger partial charge in [-0.15, -0.1) is 11.3 Å². The van der Waals surface area contributed by atoms with Crippen molar-refractivity contribution in [2.75, 3.05) is 6.54 Å². The quantitative estimate of drug-likeness (QED) is 0.840. The van der Waals surface area contributed by atoms with Crippen LogP contribution in [0.3, 0.4) is 0 Å². The van der Waals surface area contributed by atoms with Gasteiger partial charge < -0.3 is 5.32 Å². The molecular formula is C13H17N3S. The van der Waals surface area contributed by atoms with Crippen LogP contribution in [0.2, 0.25) is 0 Å². The van der Waals surface area contributed by atoms with E-state index in [4.69, 9.17) is 4.98 Å². The maximum absolute atomic E-state index is 4.70. The molecule has 0 saturated carbocycles. The van der Waals surface area contributed by atoms with Crippen molar-refractivity contribution < 1.29 is 0 Å². The molecule has 1 saturated heterocycles. The van der Waals surface area contributed by atoms with E-state index in [0.717, 1.165) is 12.1 Å². The Hall–Kier alpha value is -1.00. The minimum absolute atomic E-state index is 0.452. The lowest BCUT2D eigenvalue weighted by Crippen LogP contribution is -2.23. The van der Waals surface area contributed by atoms with Crippen LogP contribution in [-0.2, 0) is 0 Å². The summed E-state index contributed by atoms with van der Waals surface area (Å²) in [7, 11) is 0. The van der Waals surface area contributed by atoms with Gasteiger partial charge in [0.05, 0.1) is 22.5 Å². The normalized spacial score (nSPS) is 22.2. The number of hydrogen-bond acceptors (Lipinski definition) is 4. The first-order chi connectivity index (χ1) is 8.43. The van der Waals surface area contributed by atoms with Crippen molar-refractivity contribution in [3.05, 3.63) is 23.5 Å². The van der Waals surface area contributed by atoms with Crippen LogP contribution in [-0.4, -0.2) is 16.5 Å². The zero-order valence-corrected chi connectivity index (χ0v) is 10.7. The van der Waals surface area contributed by atoms with Crippen LogP contribution in [0.25, 0.3) is 10.2 Å². The highest BCUT2D eigenvalue weighted by Crippen LogP contribution is 2.29. The summed E-state index contributed by atoms with van der Waals surface area (Å²) in [4.78, 5) is 8.83. The molecule has 1 aliphatic heterocycles. The highest BCUT2D eigenvalue weighted by atomic mass is 32.1. The number of fused-ring (bicyclic) bond motifs is 1. The number of thiazole rings is 1. The molecule has 1 aliphatic rings. The number of nitrogens with one attached hydrogen (secondary N) is 1. The molecule has 90 valence electrons. The van der Waals surface area contributed by atoms with Crippen LogP contribution in [0.5, 0.6) is 0 Å². The molecule has 17 heavy (non-hydrogen) atoms. The van der Waals surface area contributed by atoms with Crippen LogP contribution >= 0.6 is 11.3 Å². The van der Waals surface area contributed by atoms with Crippen LogP contribution < -0.4 is 5.32 Å². The van der Waals surface area contributed by atoms with Gasteiger partial charge in [0.15, 0.2) is 0 Å². The van der Waals surface area contributed by atoms with Crippen molar-refractivity contribution >= 4 is 21.6 Å². The molecule has 1 atom stereocenters. The van der Waals surface area contributed by atoms with Gasteiger partial charge in [0, 0.05) is 6.20 Å². The second kappa shape index (κ2) is 5.10. The van der Waals surface area contributed by atoms with Gasteiger partial charge in [-0.05, 0) is 25.5 Å².